The highest BCUT2D eigenvalue weighted by atomic mass is 16.4. The molecule has 0 radical (unpaired) electrons. The van der Waals surface area contributed by atoms with E-state index in [9.17, 15) is 4.79 Å². The fourth-order valence-electron chi connectivity index (χ4n) is 0.812. The lowest BCUT2D eigenvalue weighted by atomic mass is 10.2. The van der Waals surface area contributed by atoms with Crippen molar-refractivity contribution in [3.05, 3.63) is 0 Å². The lowest BCUT2D eigenvalue weighted by Crippen LogP contribution is -2.42. The predicted molar refractivity (Wildman–Crippen MR) is 50.5 cm³/mol. The molecule has 0 heterocycles. The van der Waals surface area contributed by atoms with Crippen LogP contribution in [0.5, 0.6) is 0 Å². The third-order valence-corrected chi connectivity index (χ3v) is 1.69. The molecule has 0 aliphatic heterocycles. The molecule has 4 N–H and O–H groups in total. The molecule has 0 aromatic heterocycles. The summed E-state index contributed by atoms with van der Waals surface area (Å²) in [6.07, 6.45) is 2.32. The first kappa shape index (κ1) is 11.7. The normalized spacial score (nSPS) is 13.8. The zero-order chi connectivity index (χ0) is 10.3. The van der Waals surface area contributed by atoms with E-state index in [0.29, 0.717) is 6.42 Å². The molecule has 5 nitrogen and oxygen atoms in total. The maximum atomic E-state index is 11.1. The largest absolute Gasteiger partial charge is 0.409 e. The van der Waals surface area contributed by atoms with Gasteiger partial charge in [-0.25, -0.2) is 0 Å². The number of oxime groups is 1. The molecule has 5 heteroatoms. The average Bonchev–Trinajstić information content (AvgIpc) is 2.13. The molecule has 0 saturated heterocycles. The summed E-state index contributed by atoms with van der Waals surface area (Å²) >= 11 is 0. The standard InChI is InChI=1S/C8H17N3O2/c1-3-4-5-7(12)10-6(2)8(9)11-13/h6,13H,3-5H2,1-2H3,(H2,9,11)(H,10,12). The Hall–Kier alpha value is -1.26. The molecule has 0 bridgehead atoms. The van der Waals surface area contributed by atoms with Crippen LogP contribution in [0.3, 0.4) is 0 Å². The summed E-state index contributed by atoms with van der Waals surface area (Å²) in [4.78, 5) is 11.1. The summed E-state index contributed by atoms with van der Waals surface area (Å²) in [5.41, 5.74) is 5.28. The molecule has 0 aromatic rings. The van der Waals surface area contributed by atoms with E-state index < -0.39 is 6.04 Å². The highest BCUT2D eigenvalue weighted by Crippen LogP contribution is 1.94. The van der Waals surface area contributed by atoms with Gasteiger partial charge in [0.1, 0.15) is 0 Å². The minimum atomic E-state index is -0.408. The molecule has 0 aliphatic carbocycles. The van der Waals surface area contributed by atoms with E-state index in [1.54, 1.807) is 6.92 Å². The van der Waals surface area contributed by atoms with E-state index in [4.69, 9.17) is 10.9 Å². The van der Waals surface area contributed by atoms with E-state index in [0.717, 1.165) is 12.8 Å². The number of nitrogens with two attached hydrogens (primary N) is 1. The van der Waals surface area contributed by atoms with Gasteiger partial charge in [0.25, 0.3) is 0 Å². The zero-order valence-corrected chi connectivity index (χ0v) is 8.08. The Bertz CT molecular complexity index is 192. The summed E-state index contributed by atoms with van der Waals surface area (Å²) in [5.74, 6) is -0.0502. The van der Waals surface area contributed by atoms with Crippen molar-refractivity contribution >= 4 is 11.7 Å². The van der Waals surface area contributed by atoms with Gasteiger partial charge in [0.05, 0.1) is 6.04 Å². The summed E-state index contributed by atoms with van der Waals surface area (Å²) in [6, 6.07) is -0.408. The molecule has 1 unspecified atom stereocenters. The van der Waals surface area contributed by atoms with E-state index in [1.807, 2.05) is 6.92 Å². The molecular formula is C8H17N3O2. The Morgan fingerprint density at radius 2 is 2.31 bits per heavy atom. The first-order valence-corrected chi connectivity index (χ1v) is 4.38. The van der Waals surface area contributed by atoms with Gasteiger partial charge < -0.3 is 16.3 Å². The summed E-state index contributed by atoms with van der Waals surface area (Å²) in [7, 11) is 0. The van der Waals surface area contributed by atoms with E-state index in [1.165, 1.54) is 0 Å². The van der Waals surface area contributed by atoms with Gasteiger partial charge in [-0.15, -0.1) is 0 Å². The zero-order valence-electron chi connectivity index (χ0n) is 8.08. The predicted octanol–water partition coefficient (Wildman–Crippen LogP) is 0.428. The fraction of sp³-hybridized carbons (Fsp3) is 0.750. The van der Waals surface area contributed by atoms with Crippen LogP contribution >= 0.6 is 0 Å². The first-order valence-electron chi connectivity index (χ1n) is 4.38. The van der Waals surface area contributed by atoms with Gasteiger partial charge in [0.2, 0.25) is 5.91 Å². The lowest BCUT2D eigenvalue weighted by molar-refractivity contribution is -0.121. The number of rotatable bonds is 5. The molecule has 1 amide bonds. The maximum absolute atomic E-state index is 11.1. The van der Waals surface area contributed by atoms with Crippen LogP contribution in [0, 0.1) is 0 Å². The molecule has 0 fully saturated rings. The fourth-order valence-corrected chi connectivity index (χ4v) is 0.812. The van der Waals surface area contributed by atoms with Crippen molar-refractivity contribution in [1.29, 1.82) is 0 Å². The average molecular weight is 187 g/mol. The number of nitrogens with one attached hydrogen (secondary N) is 1. The Kier molecular flexibility index (Phi) is 5.67. The van der Waals surface area contributed by atoms with E-state index >= 15 is 0 Å². The number of amides is 1. The van der Waals surface area contributed by atoms with Crippen LogP contribution in [0.4, 0.5) is 0 Å². The molecule has 0 saturated carbocycles. The molecule has 76 valence electrons. The lowest BCUT2D eigenvalue weighted by Gasteiger charge is -2.11. The van der Waals surface area contributed by atoms with Crippen LogP contribution in [-0.4, -0.2) is 23.0 Å². The van der Waals surface area contributed by atoms with Gasteiger partial charge in [-0.05, 0) is 13.3 Å². The first-order chi connectivity index (χ1) is 6.11. The van der Waals surface area contributed by atoms with Crippen LogP contribution in [-0.2, 0) is 4.79 Å². The van der Waals surface area contributed by atoms with Gasteiger partial charge >= 0.3 is 0 Å². The summed E-state index contributed by atoms with van der Waals surface area (Å²) in [5, 5.41) is 13.7. The Morgan fingerprint density at radius 1 is 1.69 bits per heavy atom. The van der Waals surface area contributed by atoms with Crippen LogP contribution in [0.2, 0.25) is 0 Å². The van der Waals surface area contributed by atoms with E-state index in [-0.39, 0.29) is 11.7 Å². The molecule has 13 heavy (non-hydrogen) atoms. The van der Waals surface area contributed by atoms with Crippen LogP contribution < -0.4 is 11.1 Å². The van der Waals surface area contributed by atoms with Crippen molar-refractivity contribution in [2.75, 3.05) is 0 Å². The quantitative estimate of drug-likeness (QED) is 0.252. The smallest absolute Gasteiger partial charge is 0.220 e. The Labute approximate surface area is 78.0 Å². The van der Waals surface area contributed by atoms with Crippen molar-refractivity contribution in [2.45, 2.75) is 39.2 Å². The van der Waals surface area contributed by atoms with Crippen molar-refractivity contribution in [3.63, 3.8) is 0 Å². The van der Waals surface area contributed by atoms with Crippen molar-refractivity contribution in [2.24, 2.45) is 10.9 Å². The topological polar surface area (TPSA) is 87.7 Å². The Balaban J connectivity index is 3.78. The number of amidine groups is 1. The van der Waals surface area contributed by atoms with Gasteiger partial charge in [-0.2, -0.15) is 0 Å². The van der Waals surface area contributed by atoms with Gasteiger partial charge in [0.15, 0.2) is 5.84 Å². The van der Waals surface area contributed by atoms with Crippen molar-refractivity contribution in [1.82, 2.24) is 5.32 Å². The number of hydrogen-bond acceptors (Lipinski definition) is 3. The summed E-state index contributed by atoms with van der Waals surface area (Å²) < 4.78 is 0. The second kappa shape index (κ2) is 6.28. The molecule has 0 spiro atoms. The molecule has 0 aromatic carbocycles. The van der Waals surface area contributed by atoms with Crippen molar-refractivity contribution < 1.29 is 10.0 Å². The van der Waals surface area contributed by atoms with Crippen LogP contribution in [0.1, 0.15) is 33.1 Å². The SMILES string of the molecule is CCCCC(=O)NC(C)/C(N)=N/O. The molecule has 0 rings (SSSR count). The monoisotopic (exact) mass is 187 g/mol. The number of hydrogen-bond donors (Lipinski definition) is 3. The molecule has 1 atom stereocenters. The van der Waals surface area contributed by atoms with Crippen LogP contribution in [0.25, 0.3) is 0 Å². The molecule has 0 aliphatic rings. The maximum Gasteiger partial charge on any atom is 0.220 e. The minimum absolute atomic E-state index is 0.0184. The van der Waals surface area contributed by atoms with Crippen LogP contribution in [0.15, 0.2) is 5.16 Å². The summed E-state index contributed by atoms with van der Waals surface area (Å²) in [6.45, 7) is 3.68. The third kappa shape index (κ3) is 5.05. The van der Waals surface area contributed by atoms with Gasteiger partial charge in [-0.1, -0.05) is 18.5 Å². The second-order valence-electron chi connectivity index (χ2n) is 2.92. The minimum Gasteiger partial charge on any atom is -0.409 e. The third-order valence-electron chi connectivity index (χ3n) is 1.69. The van der Waals surface area contributed by atoms with Crippen molar-refractivity contribution in [3.8, 4) is 0 Å². The second-order valence-corrected chi connectivity index (χ2v) is 2.92. The Morgan fingerprint density at radius 3 is 2.77 bits per heavy atom. The highest BCUT2D eigenvalue weighted by molar-refractivity contribution is 5.89. The molecular weight excluding hydrogens is 170 g/mol. The van der Waals surface area contributed by atoms with Gasteiger partial charge in [-0.3, -0.25) is 4.79 Å². The van der Waals surface area contributed by atoms with Gasteiger partial charge in [0, 0.05) is 6.42 Å². The van der Waals surface area contributed by atoms with E-state index in [2.05, 4.69) is 10.5 Å². The number of nitrogens with zero attached hydrogens (tertiary/aromatic N) is 1. The number of carbonyl (C=O) groups excluding carboxylic acids is 1. The highest BCUT2D eigenvalue weighted by Gasteiger charge is 2.10. The number of carbonyl (C=O) groups is 1. The number of unbranched alkanes of at least 4 members (excludes halogenated alkanes) is 1.